The van der Waals surface area contributed by atoms with Crippen LogP contribution in [0.4, 0.5) is 76.1 Å². The first-order valence-corrected chi connectivity index (χ1v) is 47.3. The van der Waals surface area contributed by atoms with E-state index in [-0.39, 0.29) is 82.6 Å². The fourth-order valence-electron chi connectivity index (χ4n) is 19.2. The summed E-state index contributed by atoms with van der Waals surface area (Å²) < 4.78 is 183. The van der Waals surface area contributed by atoms with Gasteiger partial charge in [0, 0.05) is 119 Å². The maximum absolute atomic E-state index is 15.6. The van der Waals surface area contributed by atoms with Crippen LogP contribution in [0.2, 0.25) is 0 Å². The highest BCUT2D eigenvalue weighted by Gasteiger charge is 2.47. The summed E-state index contributed by atoms with van der Waals surface area (Å²) in [6.07, 6.45) is -12.9. The minimum atomic E-state index is -4.58. The third kappa shape index (κ3) is 22.2. The third-order valence-corrected chi connectivity index (χ3v) is 27.5. The van der Waals surface area contributed by atoms with E-state index in [1.54, 1.807) is 155 Å². The fraction of sp³-hybridized carbons (Fsp3) is 0.339. The summed E-state index contributed by atoms with van der Waals surface area (Å²) in [4.78, 5) is 114. The van der Waals surface area contributed by atoms with Crippen LogP contribution in [0, 0.1) is 47.4 Å². The number of carbonyl (C=O) groups is 6. The number of cyclic esters (lactones) is 3. The average Bonchev–Trinajstić information content (AvgIpc) is 1.58. The van der Waals surface area contributed by atoms with Crippen molar-refractivity contribution in [3.8, 4) is 78.3 Å². The first-order valence-electron chi connectivity index (χ1n) is 47.3. The number of ether oxygens (including phenoxy) is 8. The lowest BCUT2D eigenvalue weighted by Gasteiger charge is -2.38. The Morgan fingerprint density at radius 1 is 0.372 bits per heavy atom. The number of benzene rings is 9. The molecule has 3 aromatic heterocycles. The van der Waals surface area contributed by atoms with Gasteiger partial charge in [0.25, 0.3) is 0 Å². The molecule has 6 fully saturated rings. The fourth-order valence-corrected chi connectivity index (χ4v) is 19.2. The van der Waals surface area contributed by atoms with Crippen molar-refractivity contribution >= 4 is 54.0 Å². The number of anilines is 3. The molecular weight excluding hydrogens is 1940 g/mol. The number of aryl methyl sites for hydroxylation is 7. The van der Waals surface area contributed by atoms with Crippen LogP contribution in [-0.4, -0.2) is 207 Å². The smallest absolute Gasteiger partial charge is 0.416 e. The lowest BCUT2D eigenvalue weighted by Crippen LogP contribution is -2.52. The molecule has 0 saturated carbocycles. The first-order chi connectivity index (χ1) is 70.2. The topological polar surface area (TPSA) is 334 Å². The second-order valence-electron chi connectivity index (χ2n) is 37.5. The van der Waals surface area contributed by atoms with Crippen LogP contribution in [0.15, 0.2) is 176 Å². The molecule has 0 unspecified atom stereocenters. The van der Waals surface area contributed by atoms with Crippen molar-refractivity contribution in [2.24, 2.45) is 0 Å². The van der Waals surface area contributed by atoms with E-state index in [9.17, 15) is 83.6 Å². The van der Waals surface area contributed by atoms with Crippen molar-refractivity contribution in [2.75, 3.05) is 89.5 Å². The Morgan fingerprint density at radius 3 is 1.00 bits per heavy atom. The Kier molecular flexibility index (Phi) is 30.3. The van der Waals surface area contributed by atoms with Crippen molar-refractivity contribution in [1.29, 1.82) is 0 Å². The molecule has 29 nitrogen and oxygen atoms in total. The van der Waals surface area contributed by atoms with Gasteiger partial charge in [-0.1, -0.05) is 78.2 Å². The Morgan fingerprint density at radius 2 is 0.689 bits per heavy atom. The van der Waals surface area contributed by atoms with E-state index in [0.29, 0.717) is 142 Å². The highest BCUT2D eigenvalue weighted by atomic mass is 19.4. The lowest BCUT2D eigenvalue weighted by molar-refractivity contribution is -0.138. The maximum atomic E-state index is 15.6. The van der Waals surface area contributed by atoms with Crippen molar-refractivity contribution in [2.45, 2.75) is 169 Å². The third-order valence-electron chi connectivity index (χ3n) is 27.5. The first kappa shape index (κ1) is 105. The van der Waals surface area contributed by atoms with E-state index in [1.807, 2.05) is 65.8 Å². The van der Waals surface area contributed by atoms with Crippen molar-refractivity contribution in [3.63, 3.8) is 0 Å². The number of amides is 3. The number of nitrogens with zero attached hydrogens (tertiary/aromatic N) is 12. The van der Waals surface area contributed by atoms with E-state index < -0.39 is 114 Å². The number of hydrogen-bond acceptors (Lipinski definition) is 23. The molecule has 774 valence electrons. The van der Waals surface area contributed by atoms with E-state index >= 15 is 4.39 Å². The van der Waals surface area contributed by atoms with Gasteiger partial charge < -0.3 is 67.9 Å². The normalized spacial score (nSPS) is 18.0. The quantitative estimate of drug-likeness (QED) is 0.0318. The van der Waals surface area contributed by atoms with Gasteiger partial charge >= 0.3 is 54.7 Å². The van der Waals surface area contributed by atoms with Crippen LogP contribution in [0.5, 0.6) is 11.5 Å². The van der Waals surface area contributed by atoms with Gasteiger partial charge in [-0.05, 0) is 238 Å². The van der Waals surface area contributed by atoms with Crippen LogP contribution in [0.3, 0.4) is 0 Å². The van der Waals surface area contributed by atoms with Gasteiger partial charge in [0.1, 0.15) is 35.6 Å². The van der Waals surface area contributed by atoms with Crippen molar-refractivity contribution in [3.05, 3.63) is 288 Å². The summed E-state index contributed by atoms with van der Waals surface area (Å²) in [5.41, 5.74) is 11.9. The van der Waals surface area contributed by atoms with Gasteiger partial charge in [-0.25, -0.2) is 63.1 Å². The molecule has 0 bridgehead atoms. The van der Waals surface area contributed by atoms with Gasteiger partial charge in [0.15, 0.2) is 0 Å². The molecule has 39 heteroatoms. The molecule has 9 heterocycles. The van der Waals surface area contributed by atoms with Gasteiger partial charge in [-0.3, -0.25) is 14.7 Å². The van der Waals surface area contributed by atoms with Crippen LogP contribution >= 0.6 is 0 Å². The molecule has 0 spiro atoms. The molecule has 3 amide bonds. The summed E-state index contributed by atoms with van der Waals surface area (Å²) in [6.45, 7) is 20.6. The maximum Gasteiger partial charge on any atom is 0.416 e. The summed E-state index contributed by atoms with van der Waals surface area (Å²) in [5, 5.41) is 28.3. The van der Waals surface area contributed by atoms with E-state index in [1.165, 1.54) is 53.2 Å². The molecule has 0 aliphatic carbocycles. The van der Waals surface area contributed by atoms with E-state index in [2.05, 4.69) is 9.97 Å². The summed E-state index contributed by atoms with van der Waals surface area (Å²) in [6, 6.07) is 37.7. The highest BCUT2D eigenvalue weighted by molar-refractivity contribution is 5.92. The molecule has 148 heavy (non-hydrogen) atoms. The Balaban J connectivity index is 0.000000158. The standard InChI is InChI=1S/C37H37F3N4O5.C36H34F4N4O6.C36H35F3N4O6/c1-6-23-7-8-24(29-10-9-25(34(45)46)13-21(29)3)15-30(23)31-16-41-35(43-17-28(18-43)48-5)42-32(31)19-44-22(4)33(49-36(44)47)26-11-20(2)12-27(14-26)37(38,39)40;1-18-8-22(11-23(9-18)36(38,39)40)32-20(3)44(35(47)50-32)17-30-28(14-41-34(42-30)43-15-24(16-43)48-4)27-12-26(29(37)13-31(27)49-5)25-7-6-21(33(45)46)10-19(25)2;1-19-10-24(13-25(11-19)36(37,38)39)32-21(3)43(35(46)49-32)18-30-29(15-40-34(41-30)42-16-26(17-42)47-4)28-14-22(7-9-31(28)48-5)27-8-6-23(33(44)45)12-20(27)2/h7-16,22,28,33H,6,17-19H2,1-5H3,(H,45,46);6-14,20,24,32H,15-17H2,1-5H3,(H,45,46);6-15,21,26,32H,16-18H2,1-5H3,(H,44,45)/t22-,33-;20-,32-;21-,32-/m000/s1. The minimum absolute atomic E-state index is 0.0116. The number of rotatable bonds is 27. The molecule has 6 atom stereocenters. The molecule has 9 aromatic carbocycles. The van der Waals surface area contributed by atoms with Crippen LogP contribution in [0.25, 0.3) is 66.8 Å². The summed E-state index contributed by atoms with van der Waals surface area (Å²) in [7, 11) is 7.81. The second-order valence-corrected chi connectivity index (χ2v) is 37.5. The molecular formula is C109H106F10N12O17. The largest absolute Gasteiger partial charge is 0.496 e. The number of aromatic carboxylic acids is 3. The molecule has 6 aliphatic heterocycles. The number of halogens is 10. The molecule has 6 saturated heterocycles. The van der Waals surface area contributed by atoms with Crippen LogP contribution in [-0.2, 0) is 73.0 Å². The minimum Gasteiger partial charge on any atom is -0.496 e. The monoisotopic (exact) mass is 2040 g/mol. The zero-order valence-electron chi connectivity index (χ0n) is 83.2. The number of carboxylic acid groups (broad SMARTS) is 3. The second kappa shape index (κ2) is 42.6. The predicted molar refractivity (Wildman–Crippen MR) is 526 cm³/mol. The van der Waals surface area contributed by atoms with Gasteiger partial charge in [-0.15, -0.1) is 0 Å². The summed E-state index contributed by atoms with van der Waals surface area (Å²) in [5.74, 6) is -1.80. The Hall–Kier alpha value is -15.4. The average molecular weight is 2050 g/mol. The molecule has 18 rings (SSSR count). The molecule has 3 N–H and O–H groups in total. The van der Waals surface area contributed by atoms with Crippen LogP contribution < -0.4 is 24.2 Å². The number of carboxylic acids is 3. The number of alkyl halides is 9. The number of carbonyl (C=O) groups excluding carboxylic acids is 3. The highest BCUT2D eigenvalue weighted by Crippen LogP contribution is 2.48. The summed E-state index contributed by atoms with van der Waals surface area (Å²) >= 11 is 0. The lowest BCUT2D eigenvalue weighted by atomic mass is 9.91. The van der Waals surface area contributed by atoms with E-state index in [4.69, 9.17) is 57.8 Å². The van der Waals surface area contributed by atoms with Crippen LogP contribution in [0.1, 0.15) is 166 Å². The number of hydrogen-bond donors (Lipinski definition) is 3. The predicted octanol–water partition coefficient (Wildman–Crippen LogP) is 21.9. The SMILES string of the molecule is CCc1ccc(-c2ccc(C(=O)O)cc2C)cc1-c1cnc(N2CC(OC)C2)nc1CN1C(=O)O[C@H](c2cc(C)cc(C(F)(F)F)c2)[C@@H]1C.COc1cc(F)c(-c2ccc(C(=O)O)cc2C)cc1-c1cnc(N2CC(OC)C2)nc1CN1C(=O)O[C@H](c2cc(C)cc(C(F)(F)F)c2)[C@@H]1C.COc1ccc(-c2ccc(C(=O)O)cc2C)cc1-c1cnc(N2CC(OC)C2)nc1CN1C(=O)O[C@H](c2cc(C)cc(C(F)(F)F)c2)[C@@H]1C. The zero-order valence-corrected chi connectivity index (χ0v) is 83.2. The molecule has 0 radical (unpaired) electrons. The van der Waals surface area contributed by atoms with Crippen molar-refractivity contribution in [1.82, 2.24) is 44.6 Å². The van der Waals surface area contributed by atoms with E-state index in [0.717, 1.165) is 80.9 Å². The van der Waals surface area contributed by atoms with Gasteiger partial charge in [0.05, 0.1) is 121 Å². The molecule has 12 aromatic rings. The number of aromatic nitrogens is 6. The Bertz CT molecular complexity index is 6880. The van der Waals surface area contributed by atoms with Crippen molar-refractivity contribution < 1.29 is 126 Å². The molecule has 6 aliphatic rings. The zero-order chi connectivity index (χ0) is 106. The van der Waals surface area contributed by atoms with Gasteiger partial charge in [-0.2, -0.15) is 39.5 Å². The number of methoxy groups -OCH3 is 5. The van der Waals surface area contributed by atoms with Gasteiger partial charge in [0.2, 0.25) is 17.8 Å². The Labute approximate surface area is 845 Å².